The van der Waals surface area contributed by atoms with Gasteiger partial charge in [0.1, 0.15) is 5.75 Å². The van der Waals surface area contributed by atoms with Crippen LogP contribution in [0, 0.1) is 5.92 Å². The molecule has 1 saturated heterocycles. The third-order valence-electron chi connectivity index (χ3n) is 4.46. The summed E-state index contributed by atoms with van der Waals surface area (Å²) in [5, 5.41) is 3.36. The summed E-state index contributed by atoms with van der Waals surface area (Å²) < 4.78 is 10.8. The lowest BCUT2D eigenvalue weighted by atomic mass is 9.97. The summed E-state index contributed by atoms with van der Waals surface area (Å²) in [7, 11) is 0. The first-order valence-corrected chi connectivity index (χ1v) is 9.99. The SMILES string of the molecule is CCNC(=NCc1ccc(OC(C)C)cc1)N1CCC(C(=O)OCC)CC1. The number of nitrogens with one attached hydrogen (secondary N) is 1. The van der Waals surface area contributed by atoms with E-state index in [9.17, 15) is 4.79 Å². The minimum absolute atomic E-state index is 0.0116. The molecule has 0 radical (unpaired) electrons. The summed E-state index contributed by atoms with van der Waals surface area (Å²) in [6.07, 6.45) is 1.79. The minimum atomic E-state index is -0.0669. The number of aliphatic imine (C=N–C) groups is 1. The van der Waals surface area contributed by atoms with Gasteiger partial charge < -0.3 is 19.7 Å². The Morgan fingerprint density at radius 3 is 2.44 bits per heavy atom. The van der Waals surface area contributed by atoms with Gasteiger partial charge in [0.05, 0.1) is 25.2 Å². The van der Waals surface area contributed by atoms with Crippen LogP contribution in [-0.2, 0) is 16.1 Å². The Morgan fingerprint density at radius 2 is 1.89 bits per heavy atom. The van der Waals surface area contributed by atoms with E-state index in [0.29, 0.717) is 13.2 Å². The van der Waals surface area contributed by atoms with E-state index < -0.39 is 0 Å². The summed E-state index contributed by atoms with van der Waals surface area (Å²) in [5.41, 5.74) is 1.14. The normalized spacial score (nSPS) is 15.7. The fourth-order valence-electron chi connectivity index (χ4n) is 3.12. The van der Waals surface area contributed by atoms with Crippen molar-refractivity contribution >= 4 is 11.9 Å². The van der Waals surface area contributed by atoms with Gasteiger partial charge in [-0.25, -0.2) is 4.99 Å². The molecule has 0 amide bonds. The average Bonchev–Trinajstić information content (AvgIpc) is 2.66. The molecule has 1 aromatic rings. The predicted octanol–water partition coefficient (Wildman–Crippen LogP) is 3.21. The number of guanidine groups is 1. The molecular formula is C21H33N3O3. The highest BCUT2D eigenvalue weighted by atomic mass is 16.5. The highest BCUT2D eigenvalue weighted by molar-refractivity contribution is 5.80. The minimum Gasteiger partial charge on any atom is -0.491 e. The number of rotatable bonds is 7. The van der Waals surface area contributed by atoms with Gasteiger partial charge in [0.15, 0.2) is 5.96 Å². The van der Waals surface area contributed by atoms with E-state index >= 15 is 0 Å². The van der Waals surface area contributed by atoms with Crippen molar-refractivity contribution in [2.45, 2.75) is 53.2 Å². The number of ether oxygens (including phenoxy) is 2. The van der Waals surface area contributed by atoms with Crippen molar-refractivity contribution in [1.82, 2.24) is 10.2 Å². The third kappa shape index (κ3) is 6.77. The molecule has 0 unspecified atom stereocenters. The van der Waals surface area contributed by atoms with E-state index in [1.54, 1.807) is 0 Å². The Balaban J connectivity index is 1.93. The quantitative estimate of drug-likeness (QED) is 0.450. The molecule has 1 fully saturated rings. The molecule has 0 spiro atoms. The number of hydrogen-bond donors (Lipinski definition) is 1. The second-order valence-corrected chi connectivity index (χ2v) is 6.99. The standard InChI is InChI=1S/C21H33N3O3/c1-5-22-21(24-13-11-18(12-14-24)20(25)26-6-2)23-15-17-7-9-19(10-8-17)27-16(3)4/h7-10,16,18H,5-6,11-15H2,1-4H3,(H,22,23). The summed E-state index contributed by atoms with van der Waals surface area (Å²) >= 11 is 0. The molecule has 27 heavy (non-hydrogen) atoms. The van der Waals surface area contributed by atoms with Crippen LogP contribution in [0.2, 0.25) is 0 Å². The Hall–Kier alpha value is -2.24. The molecule has 1 aromatic carbocycles. The van der Waals surface area contributed by atoms with Crippen LogP contribution in [0.1, 0.15) is 46.1 Å². The van der Waals surface area contributed by atoms with Gasteiger partial charge in [-0.2, -0.15) is 0 Å². The van der Waals surface area contributed by atoms with Crippen LogP contribution >= 0.6 is 0 Å². The Bertz CT molecular complexity index is 606. The Kier molecular flexibility index (Phi) is 8.43. The summed E-state index contributed by atoms with van der Waals surface area (Å²) in [6, 6.07) is 8.08. The predicted molar refractivity (Wildman–Crippen MR) is 108 cm³/mol. The summed E-state index contributed by atoms with van der Waals surface area (Å²) in [4.78, 5) is 18.9. The van der Waals surface area contributed by atoms with Gasteiger partial charge in [-0.1, -0.05) is 12.1 Å². The van der Waals surface area contributed by atoms with Gasteiger partial charge >= 0.3 is 5.97 Å². The first kappa shape index (κ1) is 21.1. The highest BCUT2D eigenvalue weighted by Gasteiger charge is 2.27. The lowest BCUT2D eigenvalue weighted by Crippen LogP contribution is -2.46. The van der Waals surface area contributed by atoms with Crippen molar-refractivity contribution in [3.63, 3.8) is 0 Å². The fourth-order valence-corrected chi connectivity index (χ4v) is 3.12. The van der Waals surface area contributed by atoms with Crippen molar-refractivity contribution in [2.75, 3.05) is 26.2 Å². The number of benzene rings is 1. The maximum atomic E-state index is 11.9. The van der Waals surface area contributed by atoms with Crippen molar-refractivity contribution in [3.8, 4) is 5.75 Å². The number of hydrogen-bond acceptors (Lipinski definition) is 4. The topological polar surface area (TPSA) is 63.2 Å². The zero-order valence-electron chi connectivity index (χ0n) is 17.0. The largest absolute Gasteiger partial charge is 0.491 e. The smallest absolute Gasteiger partial charge is 0.309 e. The van der Waals surface area contributed by atoms with Gasteiger partial charge in [0.25, 0.3) is 0 Å². The molecule has 0 saturated carbocycles. The second kappa shape index (κ2) is 10.8. The van der Waals surface area contributed by atoms with E-state index in [2.05, 4.69) is 29.3 Å². The van der Waals surface area contributed by atoms with Crippen LogP contribution in [0.5, 0.6) is 5.75 Å². The van der Waals surface area contributed by atoms with E-state index in [4.69, 9.17) is 14.5 Å². The number of esters is 1. The number of likely N-dealkylation sites (tertiary alicyclic amines) is 1. The van der Waals surface area contributed by atoms with Gasteiger partial charge in [-0.15, -0.1) is 0 Å². The van der Waals surface area contributed by atoms with Gasteiger partial charge in [0.2, 0.25) is 0 Å². The maximum absolute atomic E-state index is 11.9. The van der Waals surface area contributed by atoms with Crippen molar-refractivity contribution in [1.29, 1.82) is 0 Å². The first-order valence-electron chi connectivity index (χ1n) is 9.99. The highest BCUT2D eigenvalue weighted by Crippen LogP contribution is 2.19. The molecule has 1 aliphatic rings. The maximum Gasteiger partial charge on any atom is 0.309 e. The number of piperidine rings is 1. The van der Waals surface area contributed by atoms with Crippen molar-refractivity contribution in [2.24, 2.45) is 10.9 Å². The zero-order valence-corrected chi connectivity index (χ0v) is 17.0. The molecule has 6 heteroatoms. The van der Waals surface area contributed by atoms with Crippen LogP contribution < -0.4 is 10.1 Å². The Morgan fingerprint density at radius 1 is 1.22 bits per heavy atom. The van der Waals surface area contributed by atoms with Crippen molar-refractivity contribution < 1.29 is 14.3 Å². The van der Waals surface area contributed by atoms with Crippen LogP contribution in [0.25, 0.3) is 0 Å². The summed E-state index contributed by atoms with van der Waals surface area (Å²) in [5.74, 6) is 1.73. The monoisotopic (exact) mass is 375 g/mol. The number of nitrogens with zero attached hydrogens (tertiary/aromatic N) is 2. The molecule has 1 aliphatic heterocycles. The fraction of sp³-hybridized carbons (Fsp3) is 0.619. The molecule has 2 rings (SSSR count). The molecule has 0 atom stereocenters. The van der Waals surface area contributed by atoms with Crippen LogP contribution in [0.15, 0.2) is 29.3 Å². The Labute approximate surface area is 162 Å². The van der Waals surface area contributed by atoms with Crippen LogP contribution in [-0.4, -0.2) is 49.2 Å². The molecule has 0 aliphatic carbocycles. The van der Waals surface area contributed by atoms with E-state index in [1.807, 2.05) is 32.9 Å². The van der Waals surface area contributed by atoms with Crippen molar-refractivity contribution in [3.05, 3.63) is 29.8 Å². The first-order chi connectivity index (χ1) is 13.0. The molecule has 0 bridgehead atoms. The number of carbonyl (C=O) groups excluding carboxylic acids is 1. The number of carbonyl (C=O) groups is 1. The van der Waals surface area contributed by atoms with Gasteiger partial charge in [0, 0.05) is 19.6 Å². The van der Waals surface area contributed by atoms with E-state index in [1.165, 1.54) is 0 Å². The lowest BCUT2D eigenvalue weighted by molar-refractivity contribution is -0.149. The second-order valence-electron chi connectivity index (χ2n) is 6.99. The molecule has 1 heterocycles. The lowest BCUT2D eigenvalue weighted by Gasteiger charge is -2.33. The van der Waals surface area contributed by atoms with Gasteiger partial charge in [-0.3, -0.25) is 4.79 Å². The molecule has 1 N–H and O–H groups in total. The molecule has 0 aromatic heterocycles. The van der Waals surface area contributed by atoms with Crippen LogP contribution in [0.4, 0.5) is 0 Å². The van der Waals surface area contributed by atoms with E-state index in [-0.39, 0.29) is 18.0 Å². The zero-order chi connectivity index (χ0) is 19.6. The van der Waals surface area contributed by atoms with Crippen LogP contribution in [0.3, 0.4) is 0 Å². The van der Waals surface area contributed by atoms with Gasteiger partial charge in [-0.05, 0) is 58.2 Å². The molecule has 150 valence electrons. The summed E-state index contributed by atoms with van der Waals surface area (Å²) in [6.45, 7) is 11.5. The average molecular weight is 376 g/mol. The molecular weight excluding hydrogens is 342 g/mol. The van der Waals surface area contributed by atoms with E-state index in [0.717, 1.165) is 49.7 Å². The third-order valence-corrected chi connectivity index (χ3v) is 4.46. The molecule has 6 nitrogen and oxygen atoms in total.